The molecule has 1 aromatic carbocycles. The van der Waals surface area contributed by atoms with Gasteiger partial charge in [-0.15, -0.1) is 0 Å². The molecular weight excluding hydrogens is 368 g/mol. The summed E-state index contributed by atoms with van der Waals surface area (Å²) in [6, 6.07) is 10.5. The van der Waals surface area contributed by atoms with Crippen LogP contribution in [0.25, 0.3) is 0 Å². The molecule has 2 aliphatic rings. The number of nitrogens with zero attached hydrogens (tertiary/aromatic N) is 1. The summed E-state index contributed by atoms with van der Waals surface area (Å²) in [6.07, 6.45) is 4.30. The maximum Gasteiger partial charge on any atom is 0.246 e. The smallest absolute Gasteiger partial charge is 0.246 e. The molecule has 6 nitrogen and oxygen atoms in total. The van der Waals surface area contributed by atoms with Crippen molar-refractivity contribution >= 4 is 5.91 Å². The number of piperidine rings is 1. The number of hydrogen-bond donors (Lipinski definition) is 3. The number of ether oxygens (including phenoxy) is 1. The first kappa shape index (κ1) is 22.2. The predicted octanol–water partition coefficient (Wildman–Crippen LogP) is 1.84. The molecule has 29 heavy (non-hydrogen) atoms. The summed E-state index contributed by atoms with van der Waals surface area (Å²) in [4.78, 5) is 14.5. The molecule has 1 saturated heterocycles. The van der Waals surface area contributed by atoms with Crippen LogP contribution in [0.2, 0.25) is 0 Å². The highest BCUT2D eigenvalue weighted by Crippen LogP contribution is 2.39. The lowest BCUT2D eigenvalue weighted by Crippen LogP contribution is -2.48. The SMILES string of the molecule is CCOCC(=O)NC[C@@]1(c2ccccc2)CC[C@H](O)[C@@H](N2CCC(O)CC2)CC1. The van der Waals surface area contributed by atoms with Gasteiger partial charge in [0.2, 0.25) is 5.91 Å². The molecule has 3 atom stereocenters. The Morgan fingerprint density at radius 2 is 1.83 bits per heavy atom. The van der Waals surface area contributed by atoms with Crippen molar-refractivity contribution in [2.45, 2.75) is 69.1 Å². The second kappa shape index (κ2) is 10.5. The van der Waals surface area contributed by atoms with Crippen LogP contribution >= 0.6 is 0 Å². The Balaban J connectivity index is 1.73. The third-order valence-corrected chi connectivity index (χ3v) is 6.70. The largest absolute Gasteiger partial charge is 0.393 e. The number of rotatable bonds is 7. The van der Waals surface area contributed by atoms with Crippen LogP contribution < -0.4 is 5.32 Å². The third kappa shape index (κ3) is 5.79. The Morgan fingerprint density at radius 1 is 1.14 bits per heavy atom. The average Bonchev–Trinajstić information content (AvgIpc) is 2.92. The van der Waals surface area contributed by atoms with Crippen molar-refractivity contribution in [2.24, 2.45) is 0 Å². The minimum Gasteiger partial charge on any atom is -0.393 e. The fourth-order valence-corrected chi connectivity index (χ4v) is 4.87. The summed E-state index contributed by atoms with van der Waals surface area (Å²) in [6.45, 7) is 4.73. The molecule has 0 radical (unpaired) electrons. The van der Waals surface area contributed by atoms with E-state index in [-0.39, 0.29) is 36.2 Å². The van der Waals surface area contributed by atoms with Crippen LogP contribution in [0.15, 0.2) is 30.3 Å². The fourth-order valence-electron chi connectivity index (χ4n) is 4.87. The monoisotopic (exact) mass is 404 g/mol. The first-order valence-electron chi connectivity index (χ1n) is 11.0. The molecule has 2 fully saturated rings. The van der Waals surface area contributed by atoms with Gasteiger partial charge in [0.25, 0.3) is 0 Å². The van der Waals surface area contributed by atoms with Gasteiger partial charge >= 0.3 is 0 Å². The molecule has 3 rings (SSSR count). The van der Waals surface area contributed by atoms with Gasteiger partial charge < -0.3 is 20.3 Å². The van der Waals surface area contributed by atoms with E-state index in [9.17, 15) is 15.0 Å². The van der Waals surface area contributed by atoms with E-state index in [1.54, 1.807) is 0 Å². The van der Waals surface area contributed by atoms with Crippen molar-refractivity contribution in [3.05, 3.63) is 35.9 Å². The highest BCUT2D eigenvalue weighted by Gasteiger charge is 2.40. The van der Waals surface area contributed by atoms with Gasteiger partial charge in [-0.2, -0.15) is 0 Å². The van der Waals surface area contributed by atoms with Crippen LogP contribution in [0.3, 0.4) is 0 Å². The third-order valence-electron chi connectivity index (χ3n) is 6.70. The van der Waals surface area contributed by atoms with E-state index >= 15 is 0 Å². The second-order valence-corrected chi connectivity index (χ2v) is 8.54. The Morgan fingerprint density at radius 3 is 2.52 bits per heavy atom. The first-order chi connectivity index (χ1) is 14.0. The molecule has 0 unspecified atom stereocenters. The summed E-state index contributed by atoms with van der Waals surface area (Å²) in [5.74, 6) is -0.0893. The van der Waals surface area contributed by atoms with Crippen molar-refractivity contribution in [3.8, 4) is 0 Å². The first-order valence-corrected chi connectivity index (χ1v) is 11.0. The highest BCUT2D eigenvalue weighted by atomic mass is 16.5. The number of aliphatic hydroxyl groups excluding tert-OH is 2. The van der Waals surface area contributed by atoms with E-state index in [4.69, 9.17) is 4.74 Å². The Bertz CT molecular complexity index is 633. The molecule has 1 saturated carbocycles. The molecule has 0 spiro atoms. The maximum atomic E-state index is 12.2. The van der Waals surface area contributed by atoms with Gasteiger partial charge in [0.1, 0.15) is 6.61 Å². The molecule has 1 heterocycles. The fraction of sp³-hybridized carbons (Fsp3) is 0.696. The lowest BCUT2D eigenvalue weighted by atomic mass is 9.74. The van der Waals surface area contributed by atoms with Gasteiger partial charge in [0.15, 0.2) is 0 Å². The van der Waals surface area contributed by atoms with E-state index < -0.39 is 0 Å². The standard InChI is InChI=1S/C23H36N2O4/c1-2-29-16-22(28)24-17-23(18-6-4-3-5-7-18)12-8-20(21(27)9-13-23)25-14-10-19(26)11-15-25/h3-7,19-21,26-27H,2,8-17H2,1H3,(H,24,28)/t20-,21-,23-/m0/s1. The van der Waals surface area contributed by atoms with Crippen LogP contribution in [0.5, 0.6) is 0 Å². The summed E-state index contributed by atoms with van der Waals surface area (Å²) < 4.78 is 5.24. The predicted molar refractivity (Wildman–Crippen MR) is 113 cm³/mol. The van der Waals surface area contributed by atoms with Gasteiger partial charge in [-0.05, 0) is 51.0 Å². The lowest BCUT2D eigenvalue weighted by Gasteiger charge is -2.38. The number of likely N-dealkylation sites (tertiary alicyclic amines) is 1. The molecule has 1 aliphatic heterocycles. The highest BCUT2D eigenvalue weighted by molar-refractivity contribution is 5.77. The zero-order valence-electron chi connectivity index (χ0n) is 17.6. The molecule has 0 bridgehead atoms. The van der Waals surface area contributed by atoms with E-state index in [0.717, 1.165) is 45.2 Å². The van der Waals surface area contributed by atoms with E-state index in [1.807, 2.05) is 25.1 Å². The van der Waals surface area contributed by atoms with E-state index in [2.05, 4.69) is 22.3 Å². The summed E-state index contributed by atoms with van der Waals surface area (Å²) in [7, 11) is 0. The number of carbonyl (C=O) groups excluding carboxylic acids is 1. The lowest BCUT2D eigenvalue weighted by molar-refractivity contribution is -0.125. The topological polar surface area (TPSA) is 82.0 Å². The van der Waals surface area contributed by atoms with Crippen LogP contribution in [-0.2, 0) is 14.9 Å². The average molecular weight is 405 g/mol. The van der Waals surface area contributed by atoms with Gasteiger partial charge in [-0.25, -0.2) is 0 Å². The molecule has 0 aromatic heterocycles. The normalized spacial score (nSPS) is 29.3. The van der Waals surface area contributed by atoms with E-state index in [0.29, 0.717) is 19.6 Å². The molecular formula is C23H36N2O4. The van der Waals surface area contributed by atoms with Gasteiger partial charge in [0, 0.05) is 37.7 Å². The zero-order valence-corrected chi connectivity index (χ0v) is 17.6. The minimum atomic E-state index is -0.380. The number of amides is 1. The Kier molecular flexibility index (Phi) is 8.07. The molecule has 1 aromatic rings. The van der Waals surface area contributed by atoms with Crippen molar-refractivity contribution in [1.82, 2.24) is 10.2 Å². The Labute approximate surface area is 174 Å². The minimum absolute atomic E-state index is 0.0860. The van der Waals surface area contributed by atoms with Gasteiger partial charge in [-0.3, -0.25) is 9.69 Å². The summed E-state index contributed by atoms with van der Waals surface area (Å²) in [5.41, 5.74) is 1.03. The zero-order chi connectivity index (χ0) is 20.7. The van der Waals surface area contributed by atoms with Crippen LogP contribution in [0, 0.1) is 0 Å². The molecule has 1 amide bonds. The van der Waals surface area contributed by atoms with Crippen molar-refractivity contribution in [1.29, 1.82) is 0 Å². The molecule has 1 aliphatic carbocycles. The maximum absolute atomic E-state index is 12.2. The van der Waals surface area contributed by atoms with Crippen LogP contribution in [0.4, 0.5) is 0 Å². The summed E-state index contributed by atoms with van der Waals surface area (Å²) in [5, 5.41) is 23.8. The van der Waals surface area contributed by atoms with Gasteiger partial charge in [0.05, 0.1) is 12.2 Å². The van der Waals surface area contributed by atoms with Crippen molar-refractivity contribution in [2.75, 3.05) is 32.8 Å². The number of aliphatic hydroxyl groups is 2. The number of carbonyl (C=O) groups is 1. The molecule has 162 valence electrons. The van der Waals surface area contributed by atoms with Crippen LogP contribution in [-0.4, -0.2) is 72.1 Å². The quantitative estimate of drug-likeness (QED) is 0.604. The van der Waals surface area contributed by atoms with E-state index in [1.165, 1.54) is 5.56 Å². The second-order valence-electron chi connectivity index (χ2n) is 8.54. The molecule has 6 heteroatoms. The molecule has 3 N–H and O–H groups in total. The van der Waals surface area contributed by atoms with Gasteiger partial charge in [-0.1, -0.05) is 30.3 Å². The Hall–Kier alpha value is -1.47. The number of nitrogens with one attached hydrogen (secondary N) is 1. The number of hydrogen-bond acceptors (Lipinski definition) is 5. The van der Waals surface area contributed by atoms with Crippen molar-refractivity contribution < 1.29 is 19.7 Å². The number of benzene rings is 1. The van der Waals surface area contributed by atoms with Crippen LogP contribution in [0.1, 0.15) is 51.0 Å². The van der Waals surface area contributed by atoms with Crippen molar-refractivity contribution in [3.63, 3.8) is 0 Å². The summed E-state index contributed by atoms with van der Waals surface area (Å²) >= 11 is 0.